The molecule has 2 rings (SSSR count). The van der Waals surface area contributed by atoms with E-state index in [0.29, 0.717) is 12.5 Å². The molecule has 7 heteroatoms. The summed E-state index contributed by atoms with van der Waals surface area (Å²) in [7, 11) is 1.80. The monoisotopic (exact) mass is 338 g/mol. The molecule has 2 aliphatic rings. The third-order valence-electron chi connectivity index (χ3n) is 5.04. The molecule has 2 aliphatic heterocycles. The van der Waals surface area contributed by atoms with E-state index in [2.05, 4.69) is 32.3 Å². The lowest BCUT2D eigenvalue weighted by atomic mass is 10.3. The van der Waals surface area contributed by atoms with Crippen LogP contribution in [0.1, 0.15) is 26.7 Å². The van der Waals surface area contributed by atoms with Gasteiger partial charge in [0.1, 0.15) is 0 Å². The van der Waals surface area contributed by atoms with Crippen LogP contribution in [-0.2, 0) is 4.79 Å². The molecule has 0 radical (unpaired) electrons. The van der Waals surface area contributed by atoms with E-state index in [0.717, 1.165) is 58.2 Å². The van der Waals surface area contributed by atoms with Crippen molar-refractivity contribution in [2.24, 2.45) is 4.99 Å². The molecule has 1 atom stereocenters. The smallest absolute Gasteiger partial charge is 0.222 e. The summed E-state index contributed by atoms with van der Waals surface area (Å²) in [6.07, 6.45) is 1.58. The number of hydrogen-bond acceptors (Lipinski definition) is 4. The summed E-state index contributed by atoms with van der Waals surface area (Å²) in [6, 6.07) is 0.305. The molecule has 0 bridgehead atoms. The molecule has 24 heavy (non-hydrogen) atoms. The van der Waals surface area contributed by atoms with Gasteiger partial charge in [-0.05, 0) is 13.0 Å². The lowest BCUT2D eigenvalue weighted by Gasteiger charge is -2.34. The number of amides is 1. The highest BCUT2D eigenvalue weighted by Crippen LogP contribution is 2.10. The zero-order valence-electron chi connectivity index (χ0n) is 15.6. The van der Waals surface area contributed by atoms with E-state index >= 15 is 0 Å². The second-order valence-electron chi connectivity index (χ2n) is 6.60. The number of aliphatic imine (C=N–C) groups is 1. The number of piperazine rings is 1. The number of guanidine groups is 1. The van der Waals surface area contributed by atoms with Crippen LogP contribution in [0.25, 0.3) is 0 Å². The molecule has 7 nitrogen and oxygen atoms in total. The van der Waals surface area contributed by atoms with Crippen molar-refractivity contribution >= 4 is 11.9 Å². The fourth-order valence-electron chi connectivity index (χ4n) is 3.38. The van der Waals surface area contributed by atoms with E-state index in [9.17, 15) is 4.79 Å². The molecule has 2 N–H and O–H groups in total. The van der Waals surface area contributed by atoms with Crippen molar-refractivity contribution in [1.29, 1.82) is 0 Å². The van der Waals surface area contributed by atoms with Crippen molar-refractivity contribution in [3.8, 4) is 0 Å². The van der Waals surface area contributed by atoms with Crippen LogP contribution in [-0.4, -0.2) is 98.6 Å². The minimum Gasteiger partial charge on any atom is -0.355 e. The minimum atomic E-state index is 0.244. The van der Waals surface area contributed by atoms with E-state index in [-0.39, 0.29) is 5.91 Å². The summed E-state index contributed by atoms with van der Waals surface area (Å²) in [6.45, 7) is 13.5. The lowest BCUT2D eigenvalue weighted by Crippen LogP contribution is -2.50. The molecule has 0 aromatic rings. The Morgan fingerprint density at radius 2 is 1.83 bits per heavy atom. The van der Waals surface area contributed by atoms with Gasteiger partial charge in [-0.2, -0.15) is 0 Å². The first-order valence-electron chi connectivity index (χ1n) is 9.35. The minimum absolute atomic E-state index is 0.244. The van der Waals surface area contributed by atoms with Gasteiger partial charge in [-0.25, -0.2) is 0 Å². The fourth-order valence-corrected chi connectivity index (χ4v) is 3.38. The standard InChI is InChI=1S/C17H34N6O/c1-4-16(24)23-8-6-15(14-23)20-17(18-3)19-7-9-22-12-10-21(5-2)11-13-22/h15H,4-14H2,1-3H3,(H2,18,19,20). The number of hydrogen-bond donors (Lipinski definition) is 2. The first-order chi connectivity index (χ1) is 11.7. The quantitative estimate of drug-likeness (QED) is 0.519. The first kappa shape index (κ1) is 19.0. The number of nitrogens with one attached hydrogen (secondary N) is 2. The number of likely N-dealkylation sites (N-methyl/N-ethyl adjacent to an activating group) is 1. The average Bonchev–Trinajstić information content (AvgIpc) is 3.09. The Morgan fingerprint density at radius 3 is 2.46 bits per heavy atom. The van der Waals surface area contributed by atoms with Gasteiger partial charge in [-0.3, -0.25) is 14.7 Å². The van der Waals surface area contributed by atoms with Gasteiger partial charge < -0.3 is 20.4 Å². The van der Waals surface area contributed by atoms with Gasteiger partial charge in [0.25, 0.3) is 0 Å². The van der Waals surface area contributed by atoms with Gasteiger partial charge in [0.05, 0.1) is 0 Å². The molecule has 2 saturated heterocycles. The average molecular weight is 339 g/mol. The topological polar surface area (TPSA) is 63.2 Å². The maximum absolute atomic E-state index is 11.8. The summed E-state index contributed by atoms with van der Waals surface area (Å²) in [5.41, 5.74) is 0. The second kappa shape index (κ2) is 9.84. The highest BCUT2D eigenvalue weighted by molar-refractivity contribution is 5.80. The molecule has 0 saturated carbocycles. The van der Waals surface area contributed by atoms with Crippen molar-refractivity contribution < 1.29 is 4.79 Å². The molecule has 138 valence electrons. The van der Waals surface area contributed by atoms with Crippen molar-refractivity contribution in [3.63, 3.8) is 0 Å². The van der Waals surface area contributed by atoms with E-state index < -0.39 is 0 Å². The summed E-state index contributed by atoms with van der Waals surface area (Å²) in [5, 5.41) is 6.85. The van der Waals surface area contributed by atoms with Crippen LogP contribution in [0, 0.1) is 0 Å². The van der Waals surface area contributed by atoms with Crippen LogP contribution in [0.2, 0.25) is 0 Å². The summed E-state index contributed by atoms with van der Waals surface area (Å²) in [5.74, 6) is 1.09. The number of likely N-dealkylation sites (tertiary alicyclic amines) is 1. The van der Waals surface area contributed by atoms with E-state index in [1.54, 1.807) is 7.05 Å². The Labute approximate surface area is 146 Å². The van der Waals surface area contributed by atoms with Crippen molar-refractivity contribution in [3.05, 3.63) is 0 Å². The van der Waals surface area contributed by atoms with Crippen LogP contribution >= 0.6 is 0 Å². The van der Waals surface area contributed by atoms with Gasteiger partial charge in [0.2, 0.25) is 5.91 Å². The Hall–Kier alpha value is -1.34. The molecule has 0 spiro atoms. The van der Waals surface area contributed by atoms with E-state index in [1.165, 1.54) is 13.1 Å². The normalized spacial score (nSPS) is 23.5. The van der Waals surface area contributed by atoms with Crippen LogP contribution in [0.3, 0.4) is 0 Å². The number of carbonyl (C=O) groups is 1. The maximum atomic E-state index is 11.8. The molecular weight excluding hydrogens is 304 g/mol. The highest BCUT2D eigenvalue weighted by atomic mass is 16.2. The number of rotatable bonds is 6. The molecule has 0 aromatic heterocycles. The first-order valence-corrected chi connectivity index (χ1v) is 9.35. The fraction of sp³-hybridized carbons (Fsp3) is 0.882. The van der Waals surface area contributed by atoms with Gasteiger partial charge in [-0.15, -0.1) is 0 Å². The third kappa shape index (κ3) is 5.63. The Balaban J connectivity index is 1.64. The Bertz CT molecular complexity index is 419. The van der Waals surface area contributed by atoms with E-state index in [1.807, 2.05) is 11.8 Å². The molecule has 1 unspecified atom stereocenters. The predicted octanol–water partition coefficient (Wildman–Crippen LogP) is -0.200. The van der Waals surface area contributed by atoms with Crippen LogP contribution in [0.4, 0.5) is 0 Å². The number of nitrogens with zero attached hydrogens (tertiary/aromatic N) is 4. The number of carbonyl (C=O) groups excluding carboxylic acids is 1. The Kier molecular flexibility index (Phi) is 7.78. The summed E-state index contributed by atoms with van der Waals surface area (Å²) >= 11 is 0. The zero-order valence-corrected chi connectivity index (χ0v) is 15.6. The lowest BCUT2D eigenvalue weighted by molar-refractivity contribution is -0.129. The Morgan fingerprint density at radius 1 is 1.12 bits per heavy atom. The molecular formula is C17H34N6O. The second-order valence-corrected chi connectivity index (χ2v) is 6.60. The van der Waals surface area contributed by atoms with Crippen LogP contribution in [0.5, 0.6) is 0 Å². The van der Waals surface area contributed by atoms with Gasteiger partial charge >= 0.3 is 0 Å². The SMILES string of the molecule is CCC(=O)N1CCC(NC(=NC)NCCN2CCN(CC)CC2)C1. The molecule has 2 heterocycles. The zero-order chi connectivity index (χ0) is 17.4. The van der Waals surface area contributed by atoms with Crippen LogP contribution in [0.15, 0.2) is 4.99 Å². The molecule has 2 fully saturated rings. The molecule has 0 aliphatic carbocycles. The summed E-state index contributed by atoms with van der Waals surface area (Å²) in [4.78, 5) is 23.0. The van der Waals surface area contributed by atoms with Crippen molar-refractivity contribution in [1.82, 2.24) is 25.3 Å². The van der Waals surface area contributed by atoms with Gasteiger partial charge in [0.15, 0.2) is 5.96 Å². The maximum Gasteiger partial charge on any atom is 0.222 e. The summed E-state index contributed by atoms with van der Waals surface area (Å²) < 4.78 is 0. The van der Waals surface area contributed by atoms with Gasteiger partial charge in [-0.1, -0.05) is 13.8 Å². The van der Waals surface area contributed by atoms with Crippen molar-refractivity contribution in [2.75, 3.05) is 66.0 Å². The molecule has 0 aromatic carbocycles. The largest absolute Gasteiger partial charge is 0.355 e. The van der Waals surface area contributed by atoms with Crippen LogP contribution < -0.4 is 10.6 Å². The predicted molar refractivity (Wildman–Crippen MR) is 98.3 cm³/mol. The highest BCUT2D eigenvalue weighted by Gasteiger charge is 2.25. The molecule has 1 amide bonds. The van der Waals surface area contributed by atoms with E-state index in [4.69, 9.17) is 0 Å². The van der Waals surface area contributed by atoms with Gasteiger partial charge in [0, 0.05) is 71.9 Å². The van der Waals surface area contributed by atoms with Crippen molar-refractivity contribution in [2.45, 2.75) is 32.7 Å². The third-order valence-corrected chi connectivity index (χ3v) is 5.04.